The van der Waals surface area contributed by atoms with Gasteiger partial charge in [-0.1, -0.05) is 330 Å². The molecule has 17 nitrogen and oxygen atoms in total. The van der Waals surface area contributed by atoms with E-state index in [1.54, 1.807) is 0 Å². The summed E-state index contributed by atoms with van der Waals surface area (Å²) in [4.78, 5) is 72.4. The zero-order valence-corrected chi connectivity index (χ0v) is 62.3. The fourth-order valence-corrected chi connectivity index (χ4v) is 12.9. The summed E-state index contributed by atoms with van der Waals surface area (Å²) in [6.07, 6.45) is 53.3. The number of carbonyl (C=O) groups is 4. The number of phosphoric ester groups is 2. The van der Waals surface area contributed by atoms with Crippen molar-refractivity contribution < 1.29 is 80.2 Å². The highest BCUT2D eigenvalue weighted by molar-refractivity contribution is 7.47. The standard InChI is InChI=1S/C74H144O17P2/c1-7-9-11-13-14-15-16-17-18-19-20-21-22-23-24-25-30-35-40-46-52-58-73(78)91-70(63-85-72(77)57-51-45-39-34-29-27-26-28-32-37-43-48-54-66(3)4)65-89-93(82,83)87-61-68(75)60-86-92(80,81)88-64-69(62-84-71(76)56-50-42-12-10-8-2)90-74(79)59-53-47-41-36-31-33-38-44-49-55-67(5)6/h66-70,75H,7-65H2,1-6H3,(H,80,81)(H,82,83)/t68-,69+,70+/m0/s1. The van der Waals surface area contributed by atoms with Crippen molar-refractivity contribution in [1.82, 2.24) is 0 Å². The number of unbranched alkanes of at least 4 members (excludes halogenated alkanes) is 43. The minimum absolute atomic E-state index is 0.104. The number of rotatable bonds is 73. The van der Waals surface area contributed by atoms with Crippen molar-refractivity contribution in [3.05, 3.63) is 0 Å². The Labute approximate surface area is 568 Å². The summed E-state index contributed by atoms with van der Waals surface area (Å²) in [6.45, 7) is 9.47. The van der Waals surface area contributed by atoms with Crippen LogP contribution in [-0.2, 0) is 65.4 Å². The molecule has 0 bridgehead atoms. The molecule has 93 heavy (non-hydrogen) atoms. The summed E-state index contributed by atoms with van der Waals surface area (Å²) < 4.78 is 68.2. The van der Waals surface area contributed by atoms with Crippen LogP contribution in [0.5, 0.6) is 0 Å². The molecule has 5 atom stereocenters. The van der Waals surface area contributed by atoms with Crippen LogP contribution in [0.25, 0.3) is 0 Å². The first kappa shape index (κ1) is 91.1. The summed E-state index contributed by atoms with van der Waals surface area (Å²) >= 11 is 0. The molecule has 0 aliphatic rings. The summed E-state index contributed by atoms with van der Waals surface area (Å²) in [7, 11) is -9.90. The zero-order valence-electron chi connectivity index (χ0n) is 60.6. The second-order valence-corrected chi connectivity index (χ2v) is 30.5. The van der Waals surface area contributed by atoms with Crippen molar-refractivity contribution in [3.8, 4) is 0 Å². The average molecular weight is 1370 g/mol. The average Bonchev–Trinajstić information content (AvgIpc) is 1.65. The van der Waals surface area contributed by atoms with Gasteiger partial charge in [-0.05, 0) is 37.5 Å². The maximum atomic E-state index is 13.1. The minimum Gasteiger partial charge on any atom is -0.462 e. The maximum absolute atomic E-state index is 13.1. The molecule has 0 saturated carbocycles. The van der Waals surface area contributed by atoms with Crippen LogP contribution in [0.3, 0.4) is 0 Å². The topological polar surface area (TPSA) is 237 Å². The lowest BCUT2D eigenvalue weighted by Gasteiger charge is -2.21. The van der Waals surface area contributed by atoms with E-state index in [1.165, 1.54) is 193 Å². The lowest BCUT2D eigenvalue weighted by atomic mass is 10.0. The number of hydrogen-bond donors (Lipinski definition) is 3. The van der Waals surface area contributed by atoms with Crippen molar-refractivity contribution >= 4 is 39.5 Å². The largest absolute Gasteiger partial charge is 0.472 e. The van der Waals surface area contributed by atoms with Gasteiger partial charge in [-0.2, -0.15) is 0 Å². The van der Waals surface area contributed by atoms with E-state index >= 15 is 0 Å². The van der Waals surface area contributed by atoms with E-state index < -0.39 is 97.5 Å². The second kappa shape index (κ2) is 66.0. The molecule has 2 unspecified atom stereocenters. The number of aliphatic hydroxyl groups is 1. The van der Waals surface area contributed by atoms with Crippen molar-refractivity contribution in [1.29, 1.82) is 0 Å². The van der Waals surface area contributed by atoms with Gasteiger partial charge in [-0.15, -0.1) is 0 Å². The van der Waals surface area contributed by atoms with Gasteiger partial charge in [0, 0.05) is 25.7 Å². The maximum Gasteiger partial charge on any atom is 0.472 e. The van der Waals surface area contributed by atoms with Gasteiger partial charge in [0.05, 0.1) is 26.4 Å². The van der Waals surface area contributed by atoms with Gasteiger partial charge in [0.1, 0.15) is 19.3 Å². The molecule has 0 amide bonds. The third-order valence-corrected chi connectivity index (χ3v) is 19.1. The molecule has 0 aromatic heterocycles. The predicted molar refractivity (Wildman–Crippen MR) is 377 cm³/mol. The number of hydrogen-bond acceptors (Lipinski definition) is 15. The molecule has 3 N–H and O–H groups in total. The van der Waals surface area contributed by atoms with E-state index in [2.05, 4.69) is 41.5 Å². The van der Waals surface area contributed by atoms with Crippen LogP contribution in [-0.4, -0.2) is 96.7 Å². The third kappa shape index (κ3) is 68.4. The summed E-state index contributed by atoms with van der Waals surface area (Å²) in [6, 6.07) is 0. The molecule has 0 aliphatic carbocycles. The van der Waals surface area contributed by atoms with Crippen LogP contribution in [0.1, 0.15) is 382 Å². The molecule has 0 spiro atoms. The zero-order chi connectivity index (χ0) is 68.6. The van der Waals surface area contributed by atoms with Crippen LogP contribution in [0.2, 0.25) is 0 Å². The van der Waals surface area contributed by atoms with Gasteiger partial charge in [-0.3, -0.25) is 37.3 Å². The van der Waals surface area contributed by atoms with Crippen molar-refractivity contribution in [2.75, 3.05) is 39.6 Å². The van der Waals surface area contributed by atoms with Crippen LogP contribution < -0.4 is 0 Å². The van der Waals surface area contributed by atoms with Crippen molar-refractivity contribution in [2.45, 2.75) is 400 Å². The molecular weight excluding hydrogens is 1220 g/mol. The van der Waals surface area contributed by atoms with Crippen LogP contribution >= 0.6 is 15.6 Å². The Morgan fingerprint density at radius 3 is 0.731 bits per heavy atom. The monoisotopic (exact) mass is 1370 g/mol. The SMILES string of the molecule is CCCCCCCCCCCCCCCCCCCCCCCC(=O)O[C@H](COC(=O)CCCCCCCCCCCCCCC(C)C)COP(=O)(O)OC[C@@H](O)COP(=O)(O)OC[C@@H](COC(=O)CCCCCCC)OC(=O)CCCCCCCCCCCC(C)C. The lowest BCUT2D eigenvalue weighted by Crippen LogP contribution is -2.30. The van der Waals surface area contributed by atoms with Gasteiger partial charge in [0.15, 0.2) is 12.2 Å². The lowest BCUT2D eigenvalue weighted by molar-refractivity contribution is -0.161. The molecule has 0 aromatic rings. The minimum atomic E-state index is -4.95. The fraction of sp³-hybridized carbons (Fsp3) is 0.946. The quantitative estimate of drug-likeness (QED) is 0.0222. The number of ether oxygens (including phenoxy) is 4. The molecule has 0 saturated heterocycles. The van der Waals surface area contributed by atoms with E-state index in [9.17, 15) is 43.2 Å². The van der Waals surface area contributed by atoms with Gasteiger partial charge in [-0.25, -0.2) is 9.13 Å². The molecule has 19 heteroatoms. The Morgan fingerprint density at radius 2 is 0.495 bits per heavy atom. The number of carbonyl (C=O) groups excluding carboxylic acids is 4. The smallest absolute Gasteiger partial charge is 0.462 e. The highest BCUT2D eigenvalue weighted by atomic mass is 31.2. The van der Waals surface area contributed by atoms with Crippen molar-refractivity contribution in [2.24, 2.45) is 11.8 Å². The highest BCUT2D eigenvalue weighted by Crippen LogP contribution is 2.45. The Morgan fingerprint density at radius 1 is 0.290 bits per heavy atom. The van der Waals surface area contributed by atoms with E-state index in [0.29, 0.717) is 25.7 Å². The van der Waals surface area contributed by atoms with Crippen LogP contribution in [0.15, 0.2) is 0 Å². The van der Waals surface area contributed by atoms with E-state index in [-0.39, 0.29) is 25.7 Å². The predicted octanol–water partition coefficient (Wildman–Crippen LogP) is 21.6. The summed E-state index contributed by atoms with van der Waals surface area (Å²) in [5, 5.41) is 10.6. The molecule has 0 radical (unpaired) electrons. The molecule has 552 valence electrons. The second-order valence-electron chi connectivity index (χ2n) is 27.6. The third-order valence-electron chi connectivity index (χ3n) is 17.2. The first-order valence-electron chi connectivity index (χ1n) is 38.5. The number of phosphoric acid groups is 2. The summed E-state index contributed by atoms with van der Waals surface area (Å²) in [5.41, 5.74) is 0. The van der Waals surface area contributed by atoms with Gasteiger partial charge < -0.3 is 33.8 Å². The fourth-order valence-electron chi connectivity index (χ4n) is 11.3. The first-order valence-corrected chi connectivity index (χ1v) is 41.5. The summed E-state index contributed by atoms with van der Waals surface area (Å²) in [5.74, 6) is -0.613. The highest BCUT2D eigenvalue weighted by Gasteiger charge is 2.30. The van der Waals surface area contributed by atoms with E-state index in [0.717, 1.165) is 108 Å². The van der Waals surface area contributed by atoms with E-state index in [4.69, 9.17) is 37.0 Å². The van der Waals surface area contributed by atoms with Crippen LogP contribution in [0.4, 0.5) is 0 Å². The Balaban J connectivity index is 5.12. The Kier molecular flexibility index (Phi) is 64.6. The molecule has 0 heterocycles. The molecule has 0 rings (SSSR count). The van der Waals surface area contributed by atoms with Gasteiger partial charge in [0.25, 0.3) is 0 Å². The number of esters is 4. The molecule has 0 fully saturated rings. The normalized spacial score (nSPS) is 14.1. The molecular formula is C74H144O17P2. The van der Waals surface area contributed by atoms with Crippen molar-refractivity contribution in [3.63, 3.8) is 0 Å². The van der Waals surface area contributed by atoms with Gasteiger partial charge in [0.2, 0.25) is 0 Å². The molecule has 0 aliphatic heterocycles. The Hall–Kier alpha value is -1.94. The van der Waals surface area contributed by atoms with E-state index in [1.807, 2.05) is 0 Å². The Bertz CT molecular complexity index is 1800. The molecule has 0 aromatic carbocycles. The van der Waals surface area contributed by atoms with Crippen LogP contribution in [0, 0.1) is 11.8 Å². The number of aliphatic hydroxyl groups excluding tert-OH is 1. The van der Waals surface area contributed by atoms with Gasteiger partial charge >= 0.3 is 39.5 Å². The first-order chi connectivity index (χ1) is 44.9.